The third kappa shape index (κ3) is 6.34. The summed E-state index contributed by atoms with van der Waals surface area (Å²) in [6.45, 7) is 7.04. The van der Waals surface area contributed by atoms with Crippen LogP contribution in [0, 0.1) is 0 Å². The van der Waals surface area contributed by atoms with Crippen LogP contribution in [-0.4, -0.2) is 88.7 Å². The molecule has 13 heteroatoms. The Balaban J connectivity index is 1.11. The van der Waals surface area contributed by atoms with Gasteiger partial charge in [0.2, 0.25) is 5.95 Å². The fourth-order valence-corrected chi connectivity index (χ4v) is 6.12. The molecule has 43 heavy (non-hydrogen) atoms. The number of anilines is 3. The van der Waals surface area contributed by atoms with Crippen molar-refractivity contribution in [2.45, 2.75) is 6.54 Å². The minimum absolute atomic E-state index is 0.343. The molecule has 5 aromatic rings. The molecule has 3 aromatic heterocycles. The Morgan fingerprint density at radius 1 is 0.860 bits per heavy atom. The predicted molar refractivity (Wildman–Crippen MR) is 166 cm³/mol. The van der Waals surface area contributed by atoms with E-state index in [-0.39, 0.29) is 6.03 Å². The molecule has 0 bridgehead atoms. The fourth-order valence-electron chi connectivity index (χ4n) is 5.14. The second-order valence-electron chi connectivity index (χ2n) is 10.3. The highest BCUT2D eigenvalue weighted by Gasteiger charge is 2.20. The van der Waals surface area contributed by atoms with E-state index in [0.29, 0.717) is 42.2 Å². The van der Waals surface area contributed by atoms with Gasteiger partial charge in [0.15, 0.2) is 11.6 Å². The lowest BCUT2D eigenvalue weighted by Gasteiger charge is -2.27. The van der Waals surface area contributed by atoms with Crippen LogP contribution in [0.15, 0.2) is 60.8 Å². The first-order chi connectivity index (χ1) is 21.2. The Hall–Kier alpha value is -4.43. The number of carbonyl (C=O) groups excluding carboxylic acids is 1. The van der Waals surface area contributed by atoms with Gasteiger partial charge < -0.3 is 25.0 Å². The molecule has 2 aromatic carbocycles. The van der Waals surface area contributed by atoms with Crippen molar-refractivity contribution in [1.82, 2.24) is 30.0 Å². The van der Waals surface area contributed by atoms with Crippen LogP contribution >= 0.6 is 11.3 Å². The van der Waals surface area contributed by atoms with Crippen LogP contribution in [0.3, 0.4) is 0 Å². The topological polar surface area (TPSA) is 133 Å². The van der Waals surface area contributed by atoms with Gasteiger partial charge in [-0.15, -0.1) is 11.3 Å². The molecule has 2 fully saturated rings. The number of fused-ring (bicyclic) bond motifs is 1. The first-order valence-corrected chi connectivity index (χ1v) is 15.1. The summed E-state index contributed by atoms with van der Waals surface area (Å²) in [5.74, 6) is 1.87. The Morgan fingerprint density at radius 3 is 2.44 bits per heavy atom. The summed E-state index contributed by atoms with van der Waals surface area (Å²) in [4.78, 5) is 34.2. The standard InChI is InChI=1S/C30H31N9O3S/c40-30(33-24-2-1-3-25-23(24)18-31-37-25)32-21-6-4-20(5-7-21)27-34-28(36-29(35-27)39-12-16-42-17-13-39)26-9-8-22(43-26)19-38-10-14-41-15-11-38/h1-9,18H,10-17,19H2,(H,31,37)(H2,32,33,40). The molecule has 5 heterocycles. The molecule has 12 nitrogen and oxygen atoms in total. The number of morpholine rings is 2. The monoisotopic (exact) mass is 597 g/mol. The lowest BCUT2D eigenvalue weighted by Crippen LogP contribution is -2.37. The Kier molecular flexibility index (Phi) is 7.92. The summed E-state index contributed by atoms with van der Waals surface area (Å²) >= 11 is 1.71. The molecule has 0 unspecified atom stereocenters. The average molecular weight is 598 g/mol. The lowest BCUT2D eigenvalue weighted by atomic mass is 10.2. The van der Waals surface area contributed by atoms with Gasteiger partial charge in [-0.05, 0) is 48.5 Å². The number of aromatic nitrogens is 5. The van der Waals surface area contributed by atoms with E-state index in [1.54, 1.807) is 17.5 Å². The van der Waals surface area contributed by atoms with Crippen LogP contribution in [0.1, 0.15) is 4.88 Å². The largest absolute Gasteiger partial charge is 0.379 e. The number of nitrogens with zero attached hydrogens (tertiary/aromatic N) is 6. The molecule has 0 atom stereocenters. The van der Waals surface area contributed by atoms with E-state index in [2.05, 4.69) is 42.8 Å². The molecular weight excluding hydrogens is 566 g/mol. The summed E-state index contributed by atoms with van der Waals surface area (Å²) in [7, 11) is 0. The fraction of sp³-hybridized carbons (Fsp3) is 0.300. The van der Waals surface area contributed by atoms with E-state index in [9.17, 15) is 4.79 Å². The molecule has 2 amide bonds. The smallest absolute Gasteiger partial charge is 0.323 e. The van der Waals surface area contributed by atoms with E-state index < -0.39 is 0 Å². The number of urea groups is 1. The quantitative estimate of drug-likeness (QED) is 0.249. The highest BCUT2D eigenvalue weighted by atomic mass is 32.1. The number of rotatable bonds is 7. The number of nitrogens with one attached hydrogen (secondary N) is 3. The first kappa shape index (κ1) is 27.4. The number of amides is 2. The van der Waals surface area contributed by atoms with Crippen LogP contribution in [0.4, 0.5) is 22.1 Å². The van der Waals surface area contributed by atoms with Gasteiger partial charge in [-0.25, -0.2) is 9.78 Å². The van der Waals surface area contributed by atoms with Crippen molar-refractivity contribution in [3.63, 3.8) is 0 Å². The molecule has 0 radical (unpaired) electrons. The molecule has 0 spiro atoms. The number of aromatic amines is 1. The van der Waals surface area contributed by atoms with Crippen molar-refractivity contribution >= 4 is 45.6 Å². The number of ether oxygens (including phenoxy) is 2. The van der Waals surface area contributed by atoms with E-state index in [1.807, 2.05) is 42.5 Å². The van der Waals surface area contributed by atoms with Gasteiger partial charge in [0, 0.05) is 54.2 Å². The second-order valence-corrected chi connectivity index (χ2v) is 11.5. The summed E-state index contributed by atoms with van der Waals surface area (Å²) in [5, 5.41) is 13.6. The summed E-state index contributed by atoms with van der Waals surface area (Å²) < 4.78 is 11.1. The second kappa shape index (κ2) is 12.4. The van der Waals surface area contributed by atoms with E-state index in [1.165, 1.54) is 4.88 Å². The van der Waals surface area contributed by atoms with Gasteiger partial charge in [-0.3, -0.25) is 10.00 Å². The minimum atomic E-state index is -0.343. The molecule has 0 saturated carbocycles. The molecular formula is C30H31N9O3S. The zero-order valence-corrected chi connectivity index (χ0v) is 24.3. The number of carbonyl (C=O) groups is 1. The van der Waals surface area contributed by atoms with Crippen LogP contribution in [0.2, 0.25) is 0 Å². The third-order valence-corrected chi connectivity index (χ3v) is 8.48. The molecule has 2 aliphatic heterocycles. The first-order valence-electron chi connectivity index (χ1n) is 14.3. The van der Waals surface area contributed by atoms with Crippen molar-refractivity contribution in [1.29, 1.82) is 0 Å². The number of benzene rings is 2. The van der Waals surface area contributed by atoms with Gasteiger partial charge in [0.25, 0.3) is 0 Å². The van der Waals surface area contributed by atoms with Crippen molar-refractivity contribution in [2.24, 2.45) is 0 Å². The maximum atomic E-state index is 12.7. The predicted octanol–water partition coefficient (Wildman–Crippen LogP) is 4.46. The lowest BCUT2D eigenvalue weighted by molar-refractivity contribution is 0.0346. The van der Waals surface area contributed by atoms with Gasteiger partial charge in [0.1, 0.15) is 0 Å². The highest BCUT2D eigenvalue weighted by Crippen LogP contribution is 2.30. The normalized spacial score (nSPS) is 16.0. The van der Waals surface area contributed by atoms with Crippen molar-refractivity contribution in [3.8, 4) is 22.1 Å². The number of H-pyrrole nitrogens is 1. The van der Waals surface area contributed by atoms with Gasteiger partial charge in [-0.2, -0.15) is 15.1 Å². The van der Waals surface area contributed by atoms with Crippen molar-refractivity contribution in [3.05, 3.63) is 65.7 Å². The number of hydrogen-bond acceptors (Lipinski definition) is 10. The number of hydrogen-bond donors (Lipinski definition) is 3. The highest BCUT2D eigenvalue weighted by molar-refractivity contribution is 7.15. The van der Waals surface area contributed by atoms with Crippen LogP contribution in [0.25, 0.3) is 33.0 Å². The molecule has 7 rings (SSSR count). The Bertz CT molecular complexity index is 1710. The van der Waals surface area contributed by atoms with Crippen LogP contribution in [-0.2, 0) is 16.0 Å². The molecule has 0 aliphatic carbocycles. The molecule has 2 saturated heterocycles. The minimum Gasteiger partial charge on any atom is -0.379 e. The van der Waals surface area contributed by atoms with Crippen LogP contribution in [0.5, 0.6) is 0 Å². The summed E-state index contributed by atoms with van der Waals surface area (Å²) in [6.07, 6.45) is 1.69. The zero-order chi connectivity index (χ0) is 29.0. The maximum absolute atomic E-state index is 12.7. The van der Waals surface area contributed by atoms with E-state index in [0.717, 1.165) is 67.3 Å². The van der Waals surface area contributed by atoms with Gasteiger partial charge in [0.05, 0.1) is 48.7 Å². The van der Waals surface area contributed by atoms with E-state index in [4.69, 9.17) is 24.4 Å². The average Bonchev–Trinajstić information content (AvgIpc) is 3.73. The Labute approximate surface area is 252 Å². The molecule has 2 aliphatic rings. The molecule has 3 N–H and O–H groups in total. The van der Waals surface area contributed by atoms with Gasteiger partial charge in [-0.1, -0.05) is 6.07 Å². The molecule has 220 valence electrons. The Morgan fingerprint density at radius 2 is 1.63 bits per heavy atom. The number of thiophene rings is 1. The summed E-state index contributed by atoms with van der Waals surface area (Å²) in [5.41, 5.74) is 3.01. The zero-order valence-electron chi connectivity index (χ0n) is 23.5. The maximum Gasteiger partial charge on any atom is 0.323 e. The SMILES string of the molecule is O=C(Nc1ccc(-c2nc(-c3ccc(CN4CCOCC4)s3)nc(N3CCOCC3)n2)cc1)Nc1cccc2[nH]ncc12. The van der Waals surface area contributed by atoms with E-state index >= 15 is 0 Å². The van der Waals surface area contributed by atoms with Crippen molar-refractivity contribution < 1.29 is 14.3 Å². The summed E-state index contributed by atoms with van der Waals surface area (Å²) in [6, 6.07) is 17.0. The third-order valence-electron chi connectivity index (χ3n) is 7.42. The van der Waals surface area contributed by atoms with Gasteiger partial charge >= 0.3 is 6.03 Å². The van der Waals surface area contributed by atoms with Crippen molar-refractivity contribution in [2.75, 3.05) is 68.1 Å². The van der Waals surface area contributed by atoms with Crippen LogP contribution < -0.4 is 15.5 Å².